The summed E-state index contributed by atoms with van der Waals surface area (Å²) in [5.74, 6) is -0.00380. The zero-order chi connectivity index (χ0) is 11.6. The van der Waals surface area contributed by atoms with Crippen LogP contribution in [-0.4, -0.2) is 27.6 Å². The van der Waals surface area contributed by atoms with Crippen LogP contribution < -0.4 is 5.32 Å². The minimum Gasteiger partial charge on any atom is -0.350 e. The highest BCUT2D eigenvalue weighted by molar-refractivity contribution is 8.02. The lowest BCUT2D eigenvalue weighted by molar-refractivity contribution is -0.130. The fourth-order valence-corrected chi connectivity index (χ4v) is 2.02. The van der Waals surface area contributed by atoms with E-state index in [2.05, 4.69) is 5.32 Å². The third-order valence-electron chi connectivity index (χ3n) is 2.16. The van der Waals surface area contributed by atoms with Gasteiger partial charge in [-0.3, -0.25) is 10.0 Å². The molecule has 0 bridgehead atoms. The zero-order valence-corrected chi connectivity index (χ0v) is 10.3. The van der Waals surface area contributed by atoms with Crippen LogP contribution in [0.5, 0.6) is 0 Å². The predicted molar refractivity (Wildman–Crippen MR) is 61.2 cm³/mol. The second kappa shape index (κ2) is 4.45. The molecule has 86 valence electrons. The van der Waals surface area contributed by atoms with Gasteiger partial charge in [-0.2, -0.15) is 0 Å². The van der Waals surface area contributed by atoms with Crippen LogP contribution in [0.2, 0.25) is 0 Å². The molecule has 1 aliphatic rings. The number of hydrogen-bond acceptors (Lipinski definition) is 4. The van der Waals surface area contributed by atoms with E-state index in [9.17, 15) is 10.0 Å². The smallest absolute Gasteiger partial charge is 0.225 e. The Morgan fingerprint density at radius 1 is 1.60 bits per heavy atom. The van der Waals surface area contributed by atoms with Gasteiger partial charge in [0.05, 0.1) is 6.04 Å². The number of hydroxylamine groups is 2. The summed E-state index contributed by atoms with van der Waals surface area (Å²) in [7, 11) is 0. The predicted octanol–water partition coefficient (Wildman–Crippen LogP) is 1.77. The van der Waals surface area contributed by atoms with Crippen molar-refractivity contribution in [3.63, 3.8) is 0 Å². The van der Waals surface area contributed by atoms with Crippen LogP contribution in [-0.2, 0) is 4.79 Å². The molecule has 1 rings (SSSR count). The summed E-state index contributed by atoms with van der Waals surface area (Å²) in [4.78, 5) is 11.7. The first-order chi connectivity index (χ1) is 6.82. The molecular formula is C10H18N2O2S. The maximum Gasteiger partial charge on any atom is 0.225 e. The van der Waals surface area contributed by atoms with Crippen molar-refractivity contribution in [3.05, 3.63) is 11.6 Å². The lowest BCUT2D eigenvalue weighted by Crippen LogP contribution is -2.48. The third-order valence-corrected chi connectivity index (χ3v) is 3.34. The second-order valence-electron chi connectivity index (χ2n) is 4.70. The molecule has 5 heteroatoms. The summed E-state index contributed by atoms with van der Waals surface area (Å²) in [5.41, 5.74) is -0.398. The van der Waals surface area contributed by atoms with Gasteiger partial charge in [-0.25, -0.2) is 5.06 Å². The minimum atomic E-state index is -0.398. The fraction of sp³-hybridized carbons (Fsp3) is 0.700. The Kier molecular flexibility index (Phi) is 3.67. The molecule has 4 nitrogen and oxygen atoms in total. The van der Waals surface area contributed by atoms with Gasteiger partial charge < -0.3 is 5.32 Å². The molecule has 1 unspecified atom stereocenters. The first-order valence-corrected chi connectivity index (χ1v) is 5.87. The molecule has 1 heterocycles. The number of nitrogens with zero attached hydrogens (tertiary/aromatic N) is 1. The standard InChI is InChI=1S/C10H18N2O2S/c1-7(8-12(14)5-6-15-8)11-9(13)10(2,3)4/h5-8,14H,1-4H3,(H,11,13)/t7-,8?/m0/s1. The highest BCUT2D eigenvalue weighted by Crippen LogP contribution is 2.26. The molecule has 0 saturated heterocycles. The zero-order valence-electron chi connectivity index (χ0n) is 9.52. The number of nitrogens with one attached hydrogen (secondary N) is 1. The highest BCUT2D eigenvalue weighted by atomic mass is 32.2. The van der Waals surface area contributed by atoms with Crippen molar-refractivity contribution in [1.82, 2.24) is 10.4 Å². The van der Waals surface area contributed by atoms with E-state index in [4.69, 9.17) is 0 Å². The first kappa shape index (κ1) is 12.4. The van der Waals surface area contributed by atoms with Crippen LogP contribution in [0, 0.1) is 5.41 Å². The molecule has 0 spiro atoms. The van der Waals surface area contributed by atoms with E-state index in [1.807, 2.05) is 33.1 Å². The van der Waals surface area contributed by atoms with Gasteiger partial charge in [0.25, 0.3) is 0 Å². The average Bonchev–Trinajstić information content (AvgIpc) is 2.49. The Labute approximate surface area is 94.7 Å². The molecule has 1 amide bonds. The van der Waals surface area contributed by atoms with Gasteiger partial charge in [0.2, 0.25) is 5.91 Å². The Hall–Kier alpha value is -0.680. The van der Waals surface area contributed by atoms with Gasteiger partial charge in [-0.05, 0) is 12.3 Å². The Balaban J connectivity index is 2.49. The lowest BCUT2D eigenvalue weighted by atomic mass is 9.95. The van der Waals surface area contributed by atoms with Crippen LogP contribution in [0.1, 0.15) is 27.7 Å². The molecule has 1 aliphatic heterocycles. The second-order valence-corrected chi connectivity index (χ2v) is 5.73. The average molecular weight is 230 g/mol. The maximum atomic E-state index is 11.7. The first-order valence-electron chi connectivity index (χ1n) is 4.92. The molecule has 0 saturated carbocycles. The summed E-state index contributed by atoms with van der Waals surface area (Å²) < 4.78 is 0. The number of hydrogen-bond donors (Lipinski definition) is 2. The molecule has 0 fully saturated rings. The van der Waals surface area contributed by atoms with Gasteiger partial charge in [-0.15, -0.1) is 11.8 Å². The molecular weight excluding hydrogens is 212 g/mol. The van der Waals surface area contributed by atoms with Crippen LogP contribution in [0.3, 0.4) is 0 Å². The molecule has 15 heavy (non-hydrogen) atoms. The normalized spacial score (nSPS) is 23.0. The quantitative estimate of drug-likeness (QED) is 0.759. The number of carbonyl (C=O) groups is 1. The van der Waals surface area contributed by atoms with E-state index >= 15 is 0 Å². The number of rotatable bonds is 2. The van der Waals surface area contributed by atoms with Gasteiger partial charge in [0.15, 0.2) is 0 Å². The van der Waals surface area contributed by atoms with Crippen molar-refractivity contribution in [2.24, 2.45) is 5.41 Å². The van der Waals surface area contributed by atoms with Gasteiger partial charge in [0.1, 0.15) is 5.37 Å². The van der Waals surface area contributed by atoms with E-state index in [1.54, 1.807) is 6.20 Å². The Bertz CT molecular complexity index is 273. The van der Waals surface area contributed by atoms with E-state index in [0.29, 0.717) is 0 Å². The summed E-state index contributed by atoms with van der Waals surface area (Å²) in [6.07, 6.45) is 1.59. The minimum absolute atomic E-state index is 0.00380. The van der Waals surface area contributed by atoms with Gasteiger partial charge >= 0.3 is 0 Å². The van der Waals surface area contributed by atoms with Crippen molar-refractivity contribution in [3.8, 4) is 0 Å². The number of amides is 1. The Morgan fingerprint density at radius 3 is 2.60 bits per heavy atom. The van der Waals surface area contributed by atoms with Crippen molar-refractivity contribution in [2.45, 2.75) is 39.1 Å². The number of carbonyl (C=O) groups excluding carboxylic acids is 1. The topological polar surface area (TPSA) is 52.6 Å². The van der Waals surface area contributed by atoms with Crippen LogP contribution in [0.4, 0.5) is 0 Å². The van der Waals surface area contributed by atoms with Gasteiger partial charge in [0, 0.05) is 11.6 Å². The number of thioether (sulfide) groups is 1. The lowest BCUT2D eigenvalue weighted by Gasteiger charge is -2.28. The third kappa shape index (κ3) is 3.14. The fourth-order valence-electron chi connectivity index (χ4n) is 1.17. The van der Waals surface area contributed by atoms with Crippen LogP contribution in [0.15, 0.2) is 11.6 Å². The van der Waals surface area contributed by atoms with Crippen LogP contribution >= 0.6 is 11.8 Å². The molecule has 0 radical (unpaired) electrons. The van der Waals surface area contributed by atoms with Crippen molar-refractivity contribution in [1.29, 1.82) is 0 Å². The largest absolute Gasteiger partial charge is 0.350 e. The molecule has 0 aliphatic carbocycles. The van der Waals surface area contributed by atoms with Crippen molar-refractivity contribution < 1.29 is 10.0 Å². The molecule has 0 aromatic carbocycles. The van der Waals surface area contributed by atoms with Crippen molar-refractivity contribution >= 4 is 17.7 Å². The van der Waals surface area contributed by atoms with E-state index < -0.39 is 5.41 Å². The monoisotopic (exact) mass is 230 g/mol. The summed E-state index contributed by atoms with van der Waals surface area (Å²) in [5, 5.41) is 15.1. The summed E-state index contributed by atoms with van der Waals surface area (Å²) >= 11 is 1.49. The highest BCUT2D eigenvalue weighted by Gasteiger charge is 2.29. The Morgan fingerprint density at radius 2 is 2.20 bits per heavy atom. The molecule has 0 aromatic rings. The van der Waals surface area contributed by atoms with Crippen molar-refractivity contribution in [2.75, 3.05) is 0 Å². The summed E-state index contributed by atoms with van der Waals surface area (Å²) in [6, 6.07) is -0.0956. The van der Waals surface area contributed by atoms with E-state index in [0.717, 1.165) is 5.06 Å². The van der Waals surface area contributed by atoms with Gasteiger partial charge in [-0.1, -0.05) is 20.8 Å². The molecule has 2 N–H and O–H groups in total. The van der Waals surface area contributed by atoms with Crippen LogP contribution in [0.25, 0.3) is 0 Å². The van der Waals surface area contributed by atoms with E-state index in [1.165, 1.54) is 11.8 Å². The van der Waals surface area contributed by atoms with E-state index in [-0.39, 0.29) is 17.3 Å². The SMILES string of the molecule is C[C@H](NC(=O)C(C)(C)C)C1SC=CN1O. The summed E-state index contributed by atoms with van der Waals surface area (Å²) in [6.45, 7) is 7.49. The maximum absolute atomic E-state index is 11.7. The molecule has 0 aromatic heterocycles. The molecule has 2 atom stereocenters.